The Balaban J connectivity index is 3.32. The number of primary sulfonamides is 1. The molecule has 0 aliphatic carbocycles. The van der Waals surface area contributed by atoms with Crippen LogP contribution in [0.2, 0.25) is 0 Å². The summed E-state index contributed by atoms with van der Waals surface area (Å²) in [6.45, 7) is 0. The monoisotopic (exact) mass is 314 g/mol. The molecule has 0 heterocycles. The van der Waals surface area contributed by atoms with Crippen LogP contribution < -0.4 is 14.6 Å². The predicted octanol–water partition coefficient (Wildman–Crippen LogP) is 0.281. The van der Waals surface area contributed by atoms with E-state index in [1.807, 2.05) is 0 Å². The highest BCUT2D eigenvalue weighted by atomic mass is 35.5. The standard InChI is InChI=1S/C8H11ClN2O5S2/c1-16-8-3-2-6(18(10,14)15)4-7(8)11-17(12,13)5-9/h2-4,11H,5H2,1H3,(H2,10,14,15). The van der Waals surface area contributed by atoms with Gasteiger partial charge < -0.3 is 4.74 Å². The molecule has 1 aromatic carbocycles. The van der Waals surface area contributed by atoms with Gasteiger partial charge in [-0.1, -0.05) is 0 Å². The fourth-order valence-electron chi connectivity index (χ4n) is 1.14. The number of alkyl halides is 1. The Hall–Kier alpha value is -1.03. The Labute approximate surface area is 110 Å². The lowest BCUT2D eigenvalue weighted by molar-refractivity contribution is 0.416. The third-order valence-electron chi connectivity index (χ3n) is 1.91. The summed E-state index contributed by atoms with van der Waals surface area (Å²) in [4.78, 5) is -0.240. The van der Waals surface area contributed by atoms with E-state index in [4.69, 9.17) is 21.5 Å². The van der Waals surface area contributed by atoms with E-state index in [0.717, 1.165) is 6.07 Å². The molecule has 0 aromatic heterocycles. The molecule has 0 radical (unpaired) electrons. The Morgan fingerprint density at radius 3 is 2.39 bits per heavy atom. The molecule has 0 aliphatic rings. The van der Waals surface area contributed by atoms with Gasteiger partial charge in [-0.15, -0.1) is 11.6 Å². The Kier molecular flexibility index (Phi) is 4.43. The smallest absolute Gasteiger partial charge is 0.246 e. The van der Waals surface area contributed by atoms with Crippen molar-refractivity contribution in [3.63, 3.8) is 0 Å². The molecule has 7 nitrogen and oxygen atoms in total. The molecular weight excluding hydrogens is 304 g/mol. The fourth-order valence-corrected chi connectivity index (χ4v) is 2.39. The van der Waals surface area contributed by atoms with Crippen LogP contribution in [0, 0.1) is 0 Å². The number of methoxy groups -OCH3 is 1. The zero-order valence-corrected chi connectivity index (χ0v) is 11.6. The molecule has 1 rings (SSSR count). The van der Waals surface area contributed by atoms with Gasteiger partial charge in [0.1, 0.15) is 11.0 Å². The Morgan fingerprint density at radius 1 is 1.33 bits per heavy atom. The second kappa shape index (κ2) is 5.31. The van der Waals surface area contributed by atoms with Gasteiger partial charge in [0.05, 0.1) is 17.7 Å². The van der Waals surface area contributed by atoms with Crippen molar-refractivity contribution in [1.82, 2.24) is 0 Å². The molecule has 0 saturated carbocycles. The molecule has 0 unspecified atom stereocenters. The van der Waals surface area contributed by atoms with Crippen molar-refractivity contribution in [2.75, 3.05) is 17.0 Å². The van der Waals surface area contributed by atoms with Gasteiger partial charge in [-0.2, -0.15) is 0 Å². The molecule has 0 amide bonds. The van der Waals surface area contributed by atoms with Crippen LogP contribution in [-0.4, -0.2) is 29.2 Å². The van der Waals surface area contributed by atoms with Gasteiger partial charge in [0.2, 0.25) is 20.0 Å². The lowest BCUT2D eigenvalue weighted by atomic mass is 10.3. The van der Waals surface area contributed by atoms with Crippen molar-refractivity contribution in [3.8, 4) is 5.75 Å². The highest BCUT2D eigenvalue weighted by molar-refractivity contribution is 7.93. The van der Waals surface area contributed by atoms with E-state index in [0.29, 0.717) is 0 Å². The lowest BCUT2D eigenvalue weighted by Gasteiger charge is -2.11. The van der Waals surface area contributed by atoms with Gasteiger partial charge in [-0.05, 0) is 18.2 Å². The van der Waals surface area contributed by atoms with Crippen LogP contribution in [0.25, 0.3) is 0 Å². The summed E-state index contributed by atoms with van der Waals surface area (Å²) in [5.74, 6) is 0.149. The molecule has 1 aromatic rings. The molecule has 18 heavy (non-hydrogen) atoms. The number of nitrogens with two attached hydrogens (primary N) is 1. The fraction of sp³-hybridized carbons (Fsp3) is 0.250. The van der Waals surface area contributed by atoms with Crippen LogP contribution >= 0.6 is 11.6 Å². The van der Waals surface area contributed by atoms with Gasteiger partial charge in [0, 0.05) is 0 Å². The van der Waals surface area contributed by atoms with Crippen molar-refractivity contribution >= 4 is 37.3 Å². The average molecular weight is 315 g/mol. The zero-order chi connectivity index (χ0) is 14.0. The number of halogens is 1. The van der Waals surface area contributed by atoms with Crippen molar-refractivity contribution in [3.05, 3.63) is 18.2 Å². The number of rotatable bonds is 5. The average Bonchev–Trinajstić information content (AvgIpc) is 2.27. The maximum Gasteiger partial charge on any atom is 0.246 e. The summed E-state index contributed by atoms with van der Waals surface area (Å²) in [5, 5.41) is 4.27. The molecular formula is C8H11ClN2O5S2. The van der Waals surface area contributed by atoms with Crippen LogP contribution in [0.15, 0.2) is 23.1 Å². The normalized spacial score (nSPS) is 12.2. The molecule has 3 N–H and O–H groups in total. The van der Waals surface area contributed by atoms with E-state index in [1.54, 1.807) is 0 Å². The van der Waals surface area contributed by atoms with Crippen LogP contribution in [-0.2, 0) is 20.0 Å². The second-order valence-corrected chi connectivity index (χ2v) is 7.10. The Morgan fingerprint density at radius 2 is 1.94 bits per heavy atom. The molecule has 10 heteroatoms. The highest BCUT2D eigenvalue weighted by Crippen LogP contribution is 2.28. The summed E-state index contributed by atoms with van der Waals surface area (Å²) in [6, 6.07) is 3.54. The molecule has 0 spiro atoms. The second-order valence-electron chi connectivity index (χ2n) is 3.23. The van der Waals surface area contributed by atoms with Gasteiger partial charge in [-0.3, -0.25) is 4.72 Å². The van der Waals surface area contributed by atoms with E-state index < -0.39 is 25.3 Å². The number of benzene rings is 1. The van der Waals surface area contributed by atoms with Crippen molar-refractivity contribution < 1.29 is 21.6 Å². The quantitative estimate of drug-likeness (QED) is 0.757. The minimum Gasteiger partial charge on any atom is -0.495 e. The lowest BCUT2D eigenvalue weighted by Crippen LogP contribution is -2.16. The van der Waals surface area contributed by atoms with Gasteiger partial charge in [0.25, 0.3) is 0 Å². The Bertz CT molecular complexity index is 641. The van der Waals surface area contributed by atoms with Gasteiger partial charge >= 0.3 is 0 Å². The minimum atomic E-state index is -3.94. The van der Waals surface area contributed by atoms with E-state index in [1.165, 1.54) is 19.2 Å². The number of hydrogen-bond donors (Lipinski definition) is 2. The molecule has 102 valence electrons. The van der Waals surface area contributed by atoms with Crippen LogP contribution in [0.5, 0.6) is 5.75 Å². The maximum atomic E-state index is 11.3. The molecule has 0 aliphatic heterocycles. The molecule has 0 atom stereocenters. The van der Waals surface area contributed by atoms with Gasteiger partial charge in [-0.25, -0.2) is 22.0 Å². The first-order chi connectivity index (χ1) is 8.19. The van der Waals surface area contributed by atoms with Crippen molar-refractivity contribution in [2.24, 2.45) is 5.14 Å². The molecule has 0 fully saturated rings. The van der Waals surface area contributed by atoms with Crippen molar-refractivity contribution in [2.45, 2.75) is 4.90 Å². The van der Waals surface area contributed by atoms with Crippen LogP contribution in [0.4, 0.5) is 5.69 Å². The third-order valence-corrected chi connectivity index (χ3v) is 4.50. The largest absolute Gasteiger partial charge is 0.495 e. The number of nitrogens with one attached hydrogen (secondary N) is 1. The highest BCUT2D eigenvalue weighted by Gasteiger charge is 2.16. The van der Waals surface area contributed by atoms with Crippen LogP contribution in [0.3, 0.4) is 0 Å². The maximum absolute atomic E-state index is 11.3. The first-order valence-electron chi connectivity index (χ1n) is 4.47. The summed E-state index contributed by atoms with van der Waals surface area (Å²) in [7, 11) is -6.39. The number of ether oxygens (including phenoxy) is 1. The summed E-state index contributed by atoms with van der Waals surface area (Å²) >= 11 is 5.23. The molecule has 0 saturated heterocycles. The van der Waals surface area contributed by atoms with E-state index in [2.05, 4.69) is 4.72 Å². The first kappa shape index (κ1) is 15.0. The SMILES string of the molecule is COc1ccc(S(N)(=O)=O)cc1NS(=O)(=O)CCl. The van der Waals surface area contributed by atoms with E-state index >= 15 is 0 Å². The topological polar surface area (TPSA) is 116 Å². The summed E-state index contributed by atoms with van der Waals surface area (Å²) in [6.07, 6.45) is 0. The minimum absolute atomic E-state index is 0.0512. The first-order valence-corrected chi connectivity index (χ1v) is 8.20. The zero-order valence-electron chi connectivity index (χ0n) is 9.25. The number of sulfonamides is 2. The predicted molar refractivity (Wildman–Crippen MR) is 67.6 cm³/mol. The number of anilines is 1. The van der Waals surface area contributed by atoms with E-state index in [-0.39, 0.29) is 16.3 Å². The summed E-state index contributed by atoms with van der Waals surface area (Å²) < 4.78 is 51.9. The summed E-state index contributed by atoms with van der Waals surface area (Å²) in [5.41, 5.74) is -0.0512. The third kappa shape index (κ3) is 3.73. The van der Waals surface area contributed by atoms with Crippen molar-refractivity contribution in [1.29, 1.82) is 0 Å². The van der Waals surface area contributed by atoms with Gasteiger partial charge in [0.15, 0.2) is 0 Å². The van der Waals surface area contributed by atoms with E-state index in [9.17, 15) is 16.8 Å². The van der Waals surface area contributed by atoms with Crippen LogP contribution in [0.1, 0.15) is 0 Å². The number of hydrogen-bond acceptors (Lipinski definition) is 5. The molecule has 0 bridgehead atoms.